The minimum atomic E-state index is -1.02. The normalized spacial score (nSPS) is 10.3. The van der Waals surface area contributed by atoms with Crippen LogP contribution in [0.15, 0.2) is 48.5 Å². The molecule has 1 amide bonds. The summed E-state index contributed by atoms with van der Waals surface area (Å²) in [5, 5.41) is 5.41. The molecule has 9 heteroatoms. The van der Waals surface area contributed by atoms with E-state index in [1.165, 1.54) is 25.3 Å². The number of benzene rings is 2. The molecule has 0 spiro atoms. The van der Waals surface area contributed by atoms with Crippen LogP contribution >= 0.6 is 0 Å². The molecule has 0 radical (unpaired) electrons. The van der Waals surface area contributed by atoms with Gasteiger partial charge >= 0.3 is 5.97 Å². The van der Waals surface area contributed by atoms with Crippen molar-refractivity contribution in [3.63, 3.8) is 0 Å². The van der Waals surface area contributed by atoms with Crippen molar-refractivity contribution in [3.8, 4) is 0 Å². The number of nitrogens with one attached hydrogen (secondary N) is 2. The summed E-state index contributed by atoms with van der Waals surface area (Å²) >= 11 is 0. The molecule has 0 fully saturated rings. The Morgan fingerprint density at radius 1 is 1.00 bits per heavy atom. The molecular weight excluding hydrogens is 382 g/mol. The summed E-state index contributed by atoms with van der Waals surface area (Å²) < 4.78 is 31.2. The molecule has 0 aliphatic carbocycles. The van der Waals surface area contributed by atoms with Crippen LogP contribution in [0.25, 0.3) is 0 Å². The van der Waals surface area contributed by atoms with Gasteiger partial charge in [0.05, 0.1) is 18.4 Å². The van der Waals surface area contributed by atoms with Gasteiger partial charge in [0, 0.05) is 17.8 Å². The monoisotopic (exact) mass is 398 g/mol. The molecule has 0 saturated heterocycles. The number of para-hydroxylation sites is 1. The highest BCUT2D eigenvalue weighted by atomic mass is 19.2. The fourth-order valence-electron chi connectivity index (χ4n) is 2.54. The van der Waals surface area contributed by atoms with Crippen molar-refractivity contribution in [1.82, 2.24) is 9.97 Å². The van der Waals surface area contributed by atoms with Gasteiger partial charge in [0.2, 0.25) is 0 Å². The number of carbonyl (C=O) groups is 2. The van der Waals surface area contributed by atoms with Gasteiger partial charge in [-0.1, -0.05) is 12.1 Å². The van der Waals surface area contributed by atoms with Gasteiger partial charge in [0.15, 0.2) is 11.6 Å². The van der Waals surface area contributed by atoms with Gasteiger partial charge < -0.3 is 15.4 Å². The van der Waals surface area contributed by atoms with Crippen molar-refractivity contribution >= 4 is 29.1 Å². The van der Waals surface area contributed by atoms with E-state index in [-0.39, 0.29) is 34.3 Å². The molecule has 2 aromatic carbocycles. The standard InChI is InChI=1S/C20H16F2N4O3/c1-11-23-17(10-18(24-11)25-12-7-8-14(21)15(22)9-12)19(27)26-16-6-4-3-5-13(16)20(28)29-2/h3-10H,1-2H3,(H,26,27)(H,23,24,25). The molecule has 3 aromatic rings. The van der Waals surface area contributed by atoms with Gasteiger partial charge in [-0.3, -0.25) is 4.79 Å². The maximum absolute atomic E-state index is 13.4. The van der Waals surface area contributed by atoms with E-state index in [4.69, 9.17) is 4.74 Å². The van der Waals surface area contributed by atoms with Gasteiger partial charge in [-0.25, -0.2) is 23.5 Å². The smallest absolute Gasteiger partial charge is 0.339 e. The first-order chi connectivity index (χ1) is 13.9. The molecule has 0 unspecified atom stereocenters. The predicted molar refractivity (Wildman–Crippen MR) is 102 cm³/mol. The summed E-state index contributed by atoms with van der Waals surface area (Å²) in [5.74, 6) is -2.67. The lowest BCUT2D eigenvalue weighted by molar-refractivity contribution is 0.0602. The second-order valence-electron chi connectivity index (χ2n) is 5.93. The van der Waals surface area contributed by atoms with Crippen LogP contribution in [0.2, 0.25) is 0 Å². The van der Waals surface area contributed by atoms with Crippen molar-refractivity contribution in [1.29, 1.82) is 0 Å². The van der Waals surface area contributed by atoms with Gasteiger partial charge in [0.25, 0.3) is 5.91 Å². The van der Waals surface area contributed by atoms with Gasteiger partial charge in [-0.05, 0) is 31.2 Å². The summed E-state index contributed by atoms with van der Waals surface area (Å²) in [7, 11) is 1.24. The van der Waals surface area contributed by atoms with E-state index in [2.05, 4.69) is 20.6 Å². The first kappa shape index (κ1) is 19.9. The Morgan fingerprint density at radius 3 is 2.48 bits per heavy atom. The molecule has 1 heterocycles. The minimum Gasteiger partial charge on any atom is -0.465 e. The summed E-state index contributed by atoms with van der Waals surface area (Å²) in [6.07, 6.45) is 0. The number of aromatic nitrogens is 2. The quantitative estimate of drug-likeness (QED) is 0.635. The number of nitrogens with zero attached hydrogens (tertiary/aromatic N) is 2. The maximum Gasteiger partial charge on any atom is 0.339 e. The number of methoxy groups -OCH3 is 1. The molecule has 0 saturated carbocycles. The van der Waals surface area contributed by atoms with Crippen molar-refractivity contribution in [3.05, 3.63) is 77.2 Å². The molecule has 0 bridgehead atoms. The number of hydrogen-bond donors (Lipinski definition) is 2. The van der Waals surface area contributed by atoms with Crippen molar-refractivity contribution in [2.45, 2.75) is 6.92 Å². The number of amides is 1. The molecule has 1 aromatic heterocycles. The van der Waals surface area contributed by atoms with Gasteiger partial charge in [-0.2, -0.15) is 0 Å². The lowest BCUT2D eigenvalue weighted by Crippen LogP contribution is -2.17. The van der Waals surface area contributed by atoms with E-state index in [1.807, 2.05) is 0 Å². The third-order valence-electron chi connectivity index (χ3n) is 3.84. The molecule has 0 aliphatic heterocycles. The van der Waals surface area contributed by atoms with Crippen LogP contribution in [0.4, 0.5) is 26.0 Å². The number of esters is 1. The largest absolute Gasteiger partial charge is 0.465 e. The number of carbonyl (C=O) groups excluding carboxylic acids is 2. The Hall–Kier alpha value is -3.88. The second-order valence-corrected chi connectivity index (χ2v) is 5.93. The van der Waals surface area contributed by atoms with Gasteiger partial charge in [0.1, 0.15) is 17.3 Å². The van der Waals surface area contributed by atoms with Crippen molar-refractivity contribution in [2.75, 3.05) is 17.7 Å². The Labute approximate surface area is 164 Å². The SMILES string of the molecule is COC(=O)c1ccccc1NC(=O)c1cc(Nc2ccc(F)c(F)c2)nc(C)n1. The van der Waals surface area contributed by atoms with E-state index in [1.54, 1.807) is 25.1 Å². The van der Waals surface area contributed by atoms with E-state index in [0.717, 1.165) is 12.1 Å². The number of anilines is 3. The third-order valence-corrected chi connectivity index (χ3v) is 3.84. The van der Waals surface area contributed by atoms with Gasteiger partial charge in [-0.15, -0.1) is 0 Å². The molecule has 2 N–H and O–H groups in total. The summed E-state index contributed by atoms with van der Waals surface area (Å²) in [5.41, 5.74) is 0.719. The Balaban J connectivity index is 1.85. The van der Waals surface area contributed by atoms with Crippen LogP contribution in [0, 0.1) is 18.6 Å². The molecular formula is C20H16F2N4O3. The second kappa shape index (κ2) is 8.42. The number of halogens is 2. The first-order valence-electron chi connectivity index (χ1n) is 8.44. The lowest BCUT2D eigenvalue weighted by atomic mass is 10.1. The van der Waals surface area contributed by atoms with E-state index >= 15 is 0 Å². The van der Waals surface area contributed by atoms with Crippen LogP contribution in [0.5, 0.6) is 0 Å². The summed E-state index contributed by atoms with van der Waals surface area (Å²) in [6, 6.07) is 11.0. The highest BCUT2D eigenvalue weighted by Crippen LogP contribution is 2.20. The number of aryl methyl sites for hydroxylation is 1. The van der Waals surface area contributed by atoms with Crippen LogP contribution in [-0.4, -0.2) is 29.0 Å². The summed E-state index contributed by atoms with van der Waals surface area (Å²) in [4.78, 5) is 32.7. The zero-order valence-corrected chi connectivity index (χ0v) is 15.5. The number of hydrogen-bond acceptors (Lipinski definition) is 6. The Bertz CT molecular complexity index is 1090. The molecule has 0 atom stereocenters. The predicted octanol–water partition coefficient (Wildman–Crippen LogP) is 3.85. The molecule has 29 heavy (non-hydrogen) atoms. The number of rotatable bonds is 5. The van der Waals surface area contributed by atoms with E-state index in [0.29, 0.717) is 0 Å². The highest BCUT2D eigenvalue weighted by Gasteiger charge is 2.16. The van der Waals surface area contributed by atoms with Crippen LogP contribution < -0.4 is 10.6 Å². The fourth-order valence-corrected chi connectivity index (χ4v) is 2.54. The highest BCUT2D eigenvalue weighted by molar-refractivity contribution is 6.07. The minimum absolute atomic E-state index is 0.0160. The van der Waals surface area contributed by atoms with E-state index < -0.39 is 23.5 Å². The summed E-state index contributed by atoms with van der Waals surface area (Å²) in [6.45, 7) is 1.58. The van der Waals surface area contributed by atoms with Crippen molar-refractivity contribution < 1.29 is 23.1 Å². The zero-order chi connectivity index (χ0) is 21.0. The topological polar surface area (TPSA) is 93.2 Å². The lowest BCUT2D eigenvalue weighted by Gasteiger charge is -2.11. The molecule has 148 valence electrons. The van der Waals surface area contributed by atoms with Crippen LogP contribution in [0.1, 0.15) is 26.7 Å². The Kier molecular flexibility index (Phi) is 5.77. The zero-order valence-electron chi connectivity index (χ0n) is 15.5. The average Bonchev–Trinajstić information content (AvgIpc) is 2.70. The maximum atomic E-state index is 13.4. The molecule has 0 aliphatic rings. The van der Waals surface area contributed by atoms with Crippen molar-refractivity contribution in [2.24, 2.45) is 0 Å². The third kappa shape index (κ3) is 4.70. The number of ether oxygens (including phenoxy) is 1. The van der Waals surface area contributed by atoms with Crippen LogP contribution in [-0.2, 0) is 4.74 Å². The fraction of sp³-hybridized carbons (Fsp3) is 0.100. The van der Waals surface area contributed by atoms with E-state index in [9.17, 15) is 18.4 Å². The average molecular weight is 398 g/mol. The first-order valence-corrected chi connectivity index (χ1v) is 8.44. The Morgan fingerprint density at radius 2 is 1.76 bits per heavy atom. The van der Waals surface area contributed by atoms with Crippen LogP contribution in [0.3, 0.4) is 0 Å². The molecule has 7 nitrogen and oxygen atoms in total. The molecule has 3 rings (SSSR count).